The van der Waals surface area contributed by atoms with Gasteiger partial charge in [-0.05, 0) is 31.4 Å². The number of carbonyl (C=O) groups excluding carboxylic acids is 1. The number of pyridine rings is 1. The monoisotopic (exact) mass is 327 g/mol. The van der Waals surface area contributed by atoms with Crippen LogP contribution in [0.15, 0.2) is 24.7 Å². The fraction of sp³-hybridized carbons (Fsp3) is 0.375. The molecule has 8 nitrogen and oxygen atoms in total. The van der Waals surface area contributed by atoms with Gasteiger partial charge in [-0.1, -0.05) is 0 Å². The summed E-state index contributed by atoms with van der Waals surface area (Å²) < 4.78 is 3.58. The van der Waals surface area contributed by atoms with Crippen LogP contribution < -0.4 is 11.1 Å². The van der Waals surface area contributed by atoms with Gasteiger partial charge in [-0.15, -0.1) is 0 Å². The molecule has 0 unspecified atom stereocenters. The molecule has 0 radical (unpaired) electrons. The number of nitrogens with two attached hydrogens (primary N) is 1. The quantitative estimate of drug-likeness (QED) is 0.661. The van der Waals surface area contributed by atoms with Crippen molar-refractivity contribution in [3.63, 3.8) is 0 Å². The van der Waals surface area contributed by atoms with Gasteiger partial charge in [0.1, 0.15) is 5.52 Å². The fourth-order valence-electron chi connectivity index (χ4n) is 2.66. The maximum atomic E-state index is 12.2. The SMILES string of the molecule is CCn1c(N)nc2cc(C(=O)NCCCc3cnn(C)c3)cnc21. The van der Waals surface area contributed by atoms with Gasteiger partial charge >= 0.3 is 0 Å². The summed E-state index contributed by atoms with van der Waals surface area (Å²) in [5, 5.41) is 7.03. The van der Waals surface area contributed by atoms with Gasteiger partial charge in [-0.25, -0.2) is 9.97 Å². The molecule has 8 heteroatoms. The standard InChI is InChI=1S/C16H21N7O/c1-3-23-14-13(21-16(23)17)7-12(9-19-14)15(24)18-6-4-5-11-8-20-22(2)10-11/h7-10H,3-6H2,1-2H3,(H2,17,21)(H,18,24). The molecule has 0 saturated carbocycles. The molecule has 3 rings (SSSR count). The second kappa shape index (κ2) is 6.69. The summed E-state index contributed by atoms with van der Waals surface area (Å²) in [6.45, 7) is 3.26. The van der Waals surface area contributed by atoms with E-state index in [0.717, 1.165) is 18.4 Å². The molecule has 0 bridgehead atoms. The molecular weight excluding hydrogens is 306 g/mol. The van der Waals surface area contributed by atoms with Crippen LogP contribution in [0.2, 0.25) is 0 Å². The molecule has 0 spiro atoms. The molecule has 0 aromatic carbocycles. The van der Waals surface area contributed by atoms with Gasteiger partial charge in [0.25, 0.3) is 5.91 Å². The number of amides is 1. The van der Waals surface area contributed by atoms with E-state index in [9.17, 15) is 4.79 Å². The lowest BCUT2D eigenvalue weighted by molar-refractivity contribution is 0.0953. The Morgan fingerprint density at radius 3 is 2.92 bits per heavy atom. The molecule has 0 aliphatic heterocycles. The molecule has 126 valence electrons. The minimum absolute atomic E-state index is 0.153. The van der Waals surface area contributed by atoms with Crippen molar-refractivity contribution >= 4 is 23.0 Å². The zero-order valence-corrected chi connectivity index (χ0v) is 13.9. The van der Waals surface area contributed by atoms with Crippen molar-refractivity contribution < 1.29 is 4.79 Å². The van der Waals surface area contributed by atoms with Crippen LogP contribution in [0.1, 0.15) is 29.3 Å². The van der Waals surface area contributed by atoms with Crippen molar-refractivity contribution in [2.45, 2.75) is 26.3 Å². The fourth-order valence-corrected chi connectivity index (χ4v) is 2.66. The number of nitrogens with zero attached hydrogens (tertiary/aromatic N) is 5. The van der Waals surface area contributed by atoms with Crippen molar-refractivity contribution in [1.29, 1.82) is 0 Å². The summed E-state index contributed by atoms with van der Waals surface area (Å²) >= 11 is 0. The van der Waals surface area contributed by atoms with E-state index in [4.69, 9.17) is 5.73 Å². The Labute approximate surface area is 139 Å². The van der Waals surface area contributed by atoms with Crippen LogP contribution in [0.25, 0.3) is 11.2 Å². The molecule has 0 atom stereocenters. The Morgan fingerprint density at radius 2 is 2.21 bits per heavy atom. The van der Waals surface area contributed by atoms with Crippen LogP contribution >= 0.6 is 0 Å². The van der Waals surface area contributed by atoms with Gasteiger partial charge in [0.2, 0.25) is 5.95 Å². The lowest BCUT2D eigenvalue weighted by Gasteiger charge is -2.05. The largest absolute Gasteiger partial charge is 0.369 e. The van der Waals surface area contributed by atoms with Crippen molar-refractivity contribution in [2.24, 2.45) is 7.05 Å². The van der Waals surface area contributed by atoms with E-state index in [2.05, 4.69) is 20.4 Å². The number of hydrogen-bond acceptors (Lipinski definition) is 5. The normalized spacial score (nSPS) is 11.1. The predicted octanol–water partition coefficient (Wildman–Crippen LogP) is 1.13. The van der Waals surface area contributed by atoms with E-state index in [1.807, 2.05) is 30.9 Å². The number of rotatable bonds is 6. The number of nitrogens with one attached hydrogen (secondary N) is 1. The summed E-state index contributed by atoms with van der Waals surface area (Å²) in [5.41, 5.74) is 8.84. The Balaban J connectivity index is 1.59. The first kappa shape index (κ1) is 16.0. The zero-order valence-electron chi connectivity index (χ0n) is 13.9. The third-order valence-corrected chi connectivity index (χ3v) is 3.88. The van der Waals surface area contributed by atoms with E-state index < -0.39 is 0 Å². The predicted molar refractivity (Wildman–Crippen MR) is 91.5 cm³/mol. The first-order chi connectivity index (χ1) is 11.6. The van der Waals surface area contributed by atoms with E-state index >= 15 is 0 Å². The minimum Gasteiger partial charge on any atom is -0.369 e. The van der Waals surface area contributed by atoms with Gasteiger partial charge in [-0.2, -0.15) is 5.10 Å². The van der Waals surface area contributed by atoms with Gasteiger partial charge < -0.3 is 11.1 Å². The summed E-state index contributed by atoms with van der Waals surface area (Å²) in [4.78, 5) is 20.8. The van der Waals surface area contributed by atoms with E-state index in [0.29, 0.717) is 35.8 Å². The highest BCUT2D eigenvalue weighted by Crippen LogP contribution is 2.16. The summed E-state index contributed by atoms with van der Waals surface area (Å²) in [6.07, 6.45) is 7.11. The number of imidazole rings is 1. The highest BCUT2D eigenvalue weighted by Gasteiger charge is 2.12. The first-order valence-corrected chi connectivity index (χ1v) is 7.96. The zero-order chi connectivity index (χ0) is 17.1. The highest BCUT2D eigenvalue weighted by molar-refractivity contribution is 5.96. The van der Waals surface area contributed by atoms with Crippen LogP contribution in [0.3, 0.4) is 0 Å². The highest BCUT2D eigenvalue weighted by atomic mass is 16.1. The molecule has 0 aliphatic rings. The average Bonchev–Trinajstić information content (AvgIpc) is 3.12. The van der Waals surface area contributed by atoms with Crippen LogP contribution in [0.4, 0.5) is 5.95 Å². The van der Waals surface area contributed by atoms with Crippen LogP contribution in [-0.4, -0.2) is 36.8 Å². The second-order valence-electron chi connectivity index (χ2n) is 5.66. The van der Waals surface area contributed by atoms with E-state index in [1.165, 1.54) is 0 Å². The Morgan fingerprint density at radius 1 is 1.38 bits per heavy atom. The van der Waals surface area contributed by atoms with Crippen molar-refractivity contribution in [3.05, 3.63) is 35.8 Å². The summed E-state index contributed by atoms with van der Waals surface area (Å²) in [5.74, 6) is 0.259. The number of fused-ring (bicyclic) bond motifs is 1. The van der Waals surface area contributed by atoms with Crippen LogP contribution in [0.5, 0.6) is 0 Å². The summed E-state index contributed by atoms with van der Waals surface area (Å²) in [7, 11) is 1.89. The Bertz CT molecular complexity index is 865. The van der Waals surface area contributed by atoms with E-state index in [-0.39, 0.29) is 5.91 Å². The lowest BCUT2D eigenvalue weighted by atomic mass is 10.2. The van der Waals surface area contributed by atoms with Crippen molar-refractivity contribution in [1.82, 2.24) is 29.6 Å². The molecule has 3 aromatic heterocycles. The van der Waals surface area contributed by atoms with Gasteiger partial charge in [0.15, 0.2) is 5.65 Å². The minimum atomic E-state index is -0.153. The molecule has 1 amide bonds. The number of anilines is 1. The molecule has 0 fully saturated rings. The van der Waals surface area contributed by atoms with Crippen molar-refractivity contribution in [2.75, 3.05) is 12.3 Å². The number of aryl methyl sites for hydroxylation is 3. The van der Waals surface area contributed by atoms with Gasteiger partial charge in [0, 0.05) is 32.5 Å². The van der Waals surface area contributed by atoms with Gasteiger partial charge in [0.05, 0.1) is 11.8 Å². The average molecular weight is 327 g/mol. The van der Waals surface area contributed by atoms with Crippen LogP contribution in [0, 0.1) is 0 Å². The number of carbonyl (C=O) groups is 1. The molecular formula is C16H21N7O. The maximum Gasteiger partial charge on any atom is 0.252 e. The lowest BCUT2D eigenvalue weighted by Crippen LogP contribution is -2.24. The molecule has 3 heterocycles. The molecule has 3 aromatic rings. The smallest absolute Gasteiger partial charge is 0.252 e. The Kier molecular flexibility index (Phi) is 4.45. The number of aromatic nitrogens is 5. The number of hydrogen-bond donors (Lipinski definition) is 2. The summed E-state index contributed by atoms with van der Waals surface area (Å²) in [6, 6.07) is 1.72. The van der Waals surface area contributed by atoms with Gasteiger partial charge in [-0.3, -0.25) is 14.0 Å². The van der Waals surface area contributed by atoms with E-state index in [1.54, 1.807) is 16.9 Å². The topological polar surface area (TPSA) is 104 Å². The van der Waals surface area contributed by atoms with Crippen molar-refractivity contribution in [3.8, 4) is 0 Å². The molecule has 0 saturated heterocycles. The third kappa shape index (κ3) is 3.22. The maximum absolute atomic E-state index is 12.2. The Hall–Kier alpha value is -2.90. The molecule has 24 heavy (non-hydrogen) atoms. The second-order valence-corrected chi connectivity index (χ2v) is 5.66. The van der Waals surface area contributed by atoms with Crippen LogP contribution in [-0.2, 0) is 20.0 Å². The molecule has 3 N–H and O–H groups in total. The number of nitrogen functional groups attached to an aromatic ring is 1. The first-order valence-electron chi connectivity index (χ1n) is 7.96. The third-order valence-electron chi connectivity index (χ3n) is 3.88. The molecule has 0 aliphatic carbocycles.